The molecule has 1 heterocycles. The Labute approximate surface area is 110 Å². The average Bonchev–Trinajstić information content (AvgIpc) is 2.34. The fourth-order valence-electron chi connectivity index (χ4n) is 1.93. The van der Waals surface area contributed by atoms with Gasteiger partial charge in [0.25, 0.3) is 0 Å². The van der Waals surface area contributed by atoms with Gasteiger partial charge in [0.1, 0.15) is 5.69 Å². The number of nitrogens with zero attached hydrogens (tertiary/aromatic N) is 1. The van der Waals surface area contributed by atoms with E-state index in [0.717, 1.165) is 43.3 Å². The van der Waals surface area contributed by atoms with Crippen LogP contribution in [0.1, 0.15) is 0 Å². The number of nitrogen functional groups attached to an aromatic ring is 1. The maximum absolute atomic E-state index is 13.5. The number of nitrogens with one attached hydrogen (secondary N) is 1. The minimum atomic E-state index is -0.637. The van der Waals surface area contributed by atoms with E-state index in [-0.39, 0.29) is 11.4 Å². The number of hydrogen-bond acceptors (Lipinski definition) is 4. The first-order valence-electron chi connectivity index (χ1n) is 5.95. The van der Waals surface area contributed by atoms with E-state index in [4.69, 9.17) is 5.73 Å². The van der Waals surface area contributed by atoms with Crippen LogP contribution in [0.4, 0.5) is 20.2 Å². The summed E-state index contributed by atoms with van der Waals surface area (Å²) >= 11 is 1.94. The fourth-order valence-corrected chi connectivity index (χ4v) is 2.90. The molecule has 3 N–H and O–H groups in total. The quantitative estimate of drug-likeness (QED) is 0.823. The van der Waals surface area contributed by atoms with Gasteiger partial charge >= 0.3 is 0 Å². The molecule has 1 fully saturated rings. The molecule has 0 unspecified atom stereocenters. The van der Waals surface area contributed by atoms with Gasteiger partial charge in [0.2, 0.25) is 0 Å². The van der Waals surface area contributed by atoms with E-state index in [0.29, 0.717) is 6.54 Å². The van der Waals surface area contributed by atoms with Gasteiger partial charge in [0.15, 0.2) is 11.6 Å². The number of benzene rings is 1. The third kappa shape index (κ3) is 3.49. The Morgan fingerprint density at radius 2 is 1.83 bits per heavy atom. The van der Waals surface area contributed by atoms with Crippen molar-refractivity contribution in [1.29, 1.82) is 0 Å². The maximum atomic E-state index is 13.5. The molecule has 3 nitrogen and oxygen atoms in total. The van der Waals surface area contributed by atoms with Gasteiger partial charge in [-0.05, 0) is 12.1 Å². The predicted molar refractivity (Wildman–Crippen MR) is 73.0 cm³/mol. The van der Waals surface area contributed by atoms with Crippen molar-refractivity contribution < 1.29 is 8.78 Å². The number of halogens is 2. The normalized spacial score (nSPS) is 16.8. The van der Waals surface area contributed by atoms with Crippen molar-refractivity contribution in [3.05, 3.63) is 23.8 Å². The zero-order valence-electron chi connectivity index (χ0n) is 10.1. The number of hydrogen-bond donors (Lipinski definition) is 2. The number of thioether (sulfide) groups is 1. The molecule has 0 spiro atoms. The molecule has 0 radical (unpaired) electrons. The minimum absolute atomic E-state index is 0.0874. The first-order valence-corrected chi connectivity index (χ1v) is 7.11. The highest BCUT2D eigenvalue weighted by Crippen LogP contribution is 2.21. The van der Waals surface area contributed by atoms with Gasteiger partial charge < -0.3 is 11.1 Å². The molecule has 1 aromatic rings. The summed E-state index contributed by atoms with van der Waals surface area (Å²) in [5.41, 5.74) is 5.37. The van der Waals surface area contributed by atoms with Crippen LogP contribution in [-0.2, 0) is 0 Å². The van der Waals surface area contributed by atoms with E-state index in [9.17, 15) is 8.78 Å². The molecule has 2 rings (SSSR count). The Hall–Kier alpha value is -1.01. The van der Waals surface area contributed by atoms with Crippen LogP contribution in [0.3, 0.4) is 0 Å². The Kier molecular flexibility index (Phi) is 4.66. The lowest BCUT2D eigenvalue weighted by atomic mass is 10.2. The second-order valence-corrected chi connectivity index (χ2v) is 5.47. The van der Waals surface area contributed by atoms with E-state index in [1.54, 1.807) is 0 Å². The monoisotopic (exact) mass is 273 g/mol. The molecule has 0 aliphatic carbocycles. The first kappa shape index (κ1) is 13.4. The topological polar surface area (TPSA) is 41.3 Å². The van der Waals surface area contributed by atoms with Crippen LogP contribution in [0.2, 0.25) is 0 Å². The lowest BCUT2D eigenvalue weighted by Crippen LogP contribution is -2.36. The van der Waals surface area contributed by atoms with Gasteiger partial charge in [0, 0.05) is 43.4 Å². The molecular formula is C12H17F2N3S. The summed E-state index contributed by atoms with van der Waals surface area (Å²) in [5.74, 6) is 0.984. The molecule has 1 aromatic carbocycles. The van der Waals surface area contributed by atoms with Gasteiger partial charge in [-0.1, -0.05) is 0 Å². The van der Waals surface area contributed by atoms with Gasteiger partial charge in [-0.25, -0.2) is 8.78 Å². The Balaban J connectivity index is 1.86. The molecule has 1 aliphatic heterocycles. The lowest BCUT2D eigenvalue weighted by Gasteiger charge is -2.26. The minimum Gasteiger partial charge on any atom is -0.399 e. The Bertz CT molecular complexity index is 385. The molecule has 0 bridgehead atoms. The summed E-state index contributed by atoms with van der Waals surface area (Å²) in [5, 5.41) is 2.80. The molecule has 0 amide bonds. The highest BCUT2D eigenvalue weighted by atomic mass is 32.2. The smallest absolute Gasteiger partial charge is 0.151 e. The molecule has 18 heavy (non-hydrogen) atoms. The predicted octanol–water partition coefficient (Wildman–Crippen LogP) is 2.01. The summed E-state index contributed by atoms with van der Waals surface area (Å²) in [6, 6.07) is 2.26. The second-order valence-electron chi connectivity index (χ2n) is 4.24. The van der Waals surface area contributed by atoms with Crippen LogP contribution in [0.15, 0.2) is 12.1 Å². The molecule has 0 atom stereocenters. The summed E-state index contributed by atoms with van der Waals surface area (Å²) < 4.78 is 27.0. The number of nitrogens with two attached hydrogens (primary N) is 1. The lowest BCUT2D eigenvalue weighted by molar-refractivity contribution is 0.314. The average molecular weight is 273 g/mol. The second kappa shape index (κ2) is 6.24. The Morgan fingerprint density at radius 1 is 1.22 bits per heavy atom. The molecule has 1 saturated heterocycles. The largest absolute Gasteiger partial charge is 0.399 e. The first-order chi connectivity index (χ1) is 8.66. The number of anilines is 2. The summed E-state index contributed by atoms with van der Waals surface area (Å²) in [7, 11) is 0. The third-order valence-corrected chi connectivity index (χ3v) is 3.84. The van der Waals surface area contributed by atoms with Crippen molar-refractivity contribution >= 4 is 23.1 Å². The third-order valence-electron chi connectivity index (χ3n) is 2.90. The van der Waals surface area contributed by atoms with Gasteiger partial charge in [-0.2, -0.15) is 11.8 Å². The van der Waals surface area contributed by atoms with Crippen LogP contribution >= 0.6 is 11.8 Å². The summed E-state index contributed by atoms with van der Waals surface area (Å²) in [6.07, 6.45) is 0. The van der Waals surface area contributed by atoms with Gasteiger partial charge in [-0.3, -0.25) is 4.90 Å². The van der Waals surface area contributed by atoms with Crippen molar-refractivity contribution in [2.24, 2.45) is 0 Å². The van der Waals surface area contributed by atoms with Crippen molar-refractivity contribution in [3.63, 3.8) is 0 Å². The van der Waals surface area contributed by atoms with E-state index >= 15 is 0 Å². The van der Waals surface area contributed by atoms with Crippen LogP contribution in [0, 0.1) is 11.6 Å². The highest BCUT2D eigenvalue weighted by molar-refractivity contribution is 7.99. The van der Waals surface area contributed by atoms with Crippen LogP contribution in [-0.4, -0.2) is 42.6 Å². The molecule has 6 heteroatoms. The summed E-state index contributed by atoms with van der Waals surface area (Å²) in [4.78, 5) is 2.29. The van der Waals surface area contributed by atoms with Crippen LogP contribution in [0.5, 0.6) is 0 Å². The van der Waals surface area contributed by atoms with E-state index in [2.05, 4.69) is 10.2 Å². The maximum Gasteiger partial charge on any atom is 0.151 e. The molecular weight excluding hydrogens is 256 g/mol. The molecule has 1 aliphatic rings. The summed E-state index contributed by atoms with van der Waals surface area (Å²) in [6.45, 7) is 3.41. The molecule has 0 aromatic heterocycles. The van der Waals surface area contributed by atoms with E-state index in [1.807, 2.05) is 11.8 Å². The zero-order chi connectivity index (χ0) is 13.0. The van der Waals surface area contributed by atoms with Gasteiger partial charge in [-0.15, -0.1) is 0 Å². The van der Waals surface area contributed by atoms with E-state index < -0.39 is 11.6 Å². The van der Waals surface area contributed by atoms with Crippen LogP contribution < -0.4 is 11.1 Å². The van der Waals surface area contributed by atoms with Crippen LogP contribution in [0.25, 0.3) is 0 Å². The number of rotatable bonds is 4. The SMILES string of the molecule is Nc1cc(F)c(NCCN2CCSCC2)c(F)c1. The molecule has 0 saturated carbocycles. The molecule has 100 valence electrons. The van der Waals surface area contributed by atoms with Gasteiger partial charge in [0.05, 0.1) is 0 Å². The fraction of sp³-hybridized carbons (Fsp3) is 0.500. The highest BCUT2D eigenvalue weighted by Gasteiger charge is 2.12. The Morgan fingerprint density at radius 3 is 2.44 bits per heavy atom. The standard InChI is InChI=1S/C12H17F2N3S/c13-10-7-9(15)8-11(14)12(10)16-1-2-17-3-5-18-6-4-17/h7-8,16H,1-6,15H2. The van der Waals surface area contributed by atoms with Crippen molar-refractivity contribution in [2.75, 3.05) is 48.7 Å². The van der Waals surface area contributed by atoms with Crippen molar-refractivity contribution in [1.82, 2.24) is 4.90 Å². The van der Waals surface area contributed by atoms with Crippen molar-refractivity contribution in [3.8, 4) is 0 Å². The van der Waals surface area contributed by atoms with E-state index in [1.165, 1.54) is 0 Å². The van der Waals surface area contributed by atoms with Crippen molar-refractivity contribution in [2.45, 2.75) is 0 Å². The zero-order valence-corrected chi connectivity index (χ0v) is 10.9.